The van der Waals surface area contributed by atoms with Crippen LogP contribution < -0.4 is 16.0 Å². The molecule has 0 aliphatic carbocycles. The van der Waals surface area contributed by atoms with Crippen LogP contribution in [-0.4, -0.2) is 0 Å². The second kappa shape index (κ2) is 4.73. The molecule has 0 atom stereocenters. The maximum absolute atomic E-state index is 13.3. The van der Waals surface area contributed by atoms with Gasteiger partial charge in [0.1, 0.15) is 5.75 Å². The van der Waals surface area contributed by atoms with Gasteiger partial charge in [-0.2, -0.15) is 0 Å². The van der Waals surface area contributed by atoms with E-state index >= 15 is 0 Å². The van der Waals surface area contributed by atoms with Gasteiger partial charge in [-0.15, -0.1) is 0 Å². The van der Waals surface area contributed by atoms with Crippen molar-refractivity contribution in [3.63, 3.8) is 0 Å². The number of anilines is 1. The maximum atomic E-state index is 13.3. The van der Waals surface area contributed by atoms with Crippen LogP contribution in [0, 0.1) is 24.9 Å². The number of rotatable bonds is 3. The molecule has 3 N–H and O–H groups in total. The standard InChI is InChI=1S/C13H11FN2O/c1-9-8-10(6-7-12(9)16-15)17-13-5-3-2-4-11(13)14/h2,4,6-8,16H,15H2,1H3. The van der Waals surface area contributed by atoms with Gasteiger partial charge in [-0.1, -0.05) is 6.07 Å². The second-order valence-electron chi connectivity index (χ2n) is 3.50. The minimum atomic E-state index is -0.470. The number of nitrogens with two attached hydrogens (primary N) is 1. The molecule has 2 rings (SSSR count). The van der Waals surface area contributed by atoms with Gasteiger partial charge in [0.2, 0.25) is 5.75 Å². The number of hydrogen-bond donors (Lipinski definition) is 2. The molecule has 4 heteroatoms. The number of nitrogen functional groups attached to an aromatic ring is 1. The van der Waals surface area contributed by atoms with E-state index in [0.29, 0.717) is 5.75 Å². The lowest BCUT2D eigenvalue weighted by Crippen LogP contribution is -2.07. The molecule has 0 aliphatic heterocycles. The van der Waals surface area contributed by atoms with Crippen LogP contribution in [-0.2, 0) is 0 Å². The molecule has 0 saturated heterocycles. The number of ether oxygens (including phenoxy) is 1. The Morgan fingerprint density at radius 2 is 2.18 bits per heavy atom. The van der Waals surface area contributed by atoms with Crippen molar-refractivity contribution >= 4 is 5.69 Å². The second-order valence-corrected chi connectivity index (χ2v) is 3.50. The third kappa shape index (κ3) is 2.47. The predicted octanol–water partition coefficient (Wildman–Crippen LogP) is 2.81. The Bertz CT molecular complexity index is 529. The van der Waals surface area contributed by atoms with E-state index in [1.54, 1.807) is 18.2 Å². The third-order valence-electron chi connectivity index (χ3n) is 2.29. The van der Waals surface area contributed by atoms with Crippen molar-refractivity contribution in [1.29, 1.82) is 0 Å². The third-order valence-corrected chi connectivity index (χ3v) is 2.29. The fourth-order valence-electron chi connectivity index (χ4n) is 1.41. The molecular formula is C13H11FN2O. The predicted molar refractivity (Wildman–Crippen MR) is 63.1 cm³/mol. The molecule has 17 heavy (non-hydrogen) atoms. The summed E-state index contributed by atoms with van der Waals surface area (Å²) in [5, 5.41) is 0. The fourth-order valence-corrected chi connectivity index (χ4v) is 1.41. The normalized spacial score (nSPS) is 9.59. The Kier molecular flexibility index (Phi) is 3.12. The lowest BCUT2D eigenvalue weighted by molar-refractivity contribution is 0.442. The van der Waals surface area contributed by atoms with Crippen molar-refractivity contribution in [2.24, 2.45) is 5.84 Å². The van der Waals surface area contributed by atoms with Crippen molar-refractivity contribution in [2.45, 2.75) is 6.92 Å². The Hall–Kier alpha value is -2.25. The lowest BCUT2D eigenvalue weighted by Gasteiger charge is -2.08. The molecule has 0 aliphatic rings. The van der Waals surface area contributed by atoms with Crippen molar-refractivity contribution in [2.75, 3.05) is 5.43 Å². The highest BCUT2D eigenvalue weighted by atomic mass is 19.1. The molecule has 0 radical (unpaired) electrons. The zero-order valence-electron chi connectivity index (χ0n) is 9.25. The Morgan fingerprint density at radius 3 is 2.82 bits per heavy atom. The van der Waals surface area contributed by atoms with E-state index < -0.39 is 5.82 Å². The van der Waals surface area contributed by atoms with Gasteiger partial charge in [0, 0.05) is 0 Å². The summed E-state index contributed by atoms with van der Waals surface area (Å²) in [5.41, 5.74) is 4.25. The van der Waals surface area contributed by atoms with E-state index in [1.165, 1.54) is 12.1 Å². The first-order valence-electron chi connectivity index (χ1n) is 5.03. The van der Waals surface area contributed by atoms with Crippen molar-refractivity contribution in [3.05, 3.63) is 53.8 Å². The average Bonchev–Trinajstić information content (AvgIpc) is 2.32. The lowest BCUT2D eigenvalue weighted by atomic mass is 10.2. The molecule has 0 heterocycles. The van der Waals surface area contributed by atoms with Crippen LogP contribution in [0.1, 0.15) is 5.56 Å². The van der Waals surface area contributed by atoms with Gasteiger partial charge in [0.05, 0.1) is 5.69 Å². The number of hydrazine groups is 1. The molecule has 0 spiro atoms. The van der Waals surface area contributed by atoms with Crippen LogP contribution in [0.2, 0.25) is 0 Å². The summed E-state index contributed by atoms with van der Waals surface area (Å²) in [6, 6.07) is 13.1. The van der Waals surface area contributed by atoms with Crippen LogP contribution >= 0.6 is 0 Å². The Labute approximate surface area is 99.0 Å². The van der Waals surface area contributed by atoms with Gasteiger partial charge in [-0.05, 0) is 48.9 Å². The van der Waals surface area contributed by atoms with Gasteiger partial charge in [-0.3, -0.25) is 5.84 Å². The number of hydrogen-bond acceptors (Lipinski definition) is 3. The monoisotopic (exact) mass is 230 g/mol. The zero-order chi connectivity index (χ0) is 12.3. The summed E-state index contributed by atoms with van der Waals surface area (Å²) in [6.45, 7) is 1.87. The minimum absolute atomic E-state index is 0.0281. The van der Waals surface area contributed by atoms with E-state index in [1.807, 2.05) is 6.92 Å². The Morgan fingerprint density at radius 1 is 1.35 bits per heavy atom. The number of nitrogens with one attached hydrogen (secondary N) is 1. The zero-order valence-corrected chi connectivity index (χ0v) is 9.25. The van der Waals surface area contributed by atoms with Crippen LogP contribution in [0.4, 0.5) is 10.1 Å². The topological polar surface area (TPSA) is 47.3 Å². The van der Waals surface area contributed by atoms with E-state index in [2.05, 4.69) is 17.6 Å². The molecule has 0 fully saturated rings. The SMILES string of the molecule is Cc1cc(Oc2c#cccc2F)ccc1NN. The summed E-state index contributed by atoms with van der Waals surface area (Å²) in [6.07, 6.45) is 0. The molecule has 0 aromatic heterocycles. The Balaban J connectivity index is 2.25. The summed E-state index contributed by atoms with van der Waals surface area (Å²) in [7, 11) is 0. The quantitative estimate of drug-likeness (QED) is 0.629. The van der Waals surface area contributed by atoms with Crippen LogP contribution in [0.5, 0.6) is 11.5 Å². The van der Waals surface area contributed by atoms with Crippen molar-refractivity contribution in [1.82, 2.24) is 0 Å². The van der Waals surface area contributed by atoms with Crippen molar-refractivity contribution < 1.29 is 9.13 Å². The highest BCUT2D eigenvalue weighted by Gasteiger charge is 2.04. The summed E-state index contributed by atoms with van der Waals surface area (Å²) >= 11 is 0. The highest BCUT2D eigenvalue weighted by molar-refractivity contribution is 5.53. The van der Waals surface area contributed by atoms with Gasteiger partial charge < -0.3 is 10.2 Å². The molecule has 0 amide bonds. The first kappa shape index (κ1) is 11.2. The van der Waals surface area contributed by atoms with E-state index in [0.717, 1.165) is 11.3 Å². The largest absolute Gasteiger partial charge is 0.445 e. The number of aryl methyl sites for hydroxylation is 1. The summed E-state index contributed by atoms with van der Waals surface area (Å²) in [5.74, 6) is 5.40. The molecule has 3 nitrogen and oxygen atoms in total. The maximum Gasteiger partial charge on any atom is 0.213 e. The van der Waals surface area contributed by atoms with E-state index in [-0.39, 0.29) is 5.75 Å². The van der Waals surface area contributed by atoms with Crippen LogP contribution in [0.15, 0.2) is 30.3 Å². The van der Waals surface area contributed by atoms with E-state index in [4.69, 9.17) is 10.6 Å². The number of benzene rings is 1. The van der Waals surface area contributed by atoms with Gasteiger partial charge in [0.15, 0.2) is 5.82 Å². The average molecular weight is 230 g/mol. The fraction of sp³-hybridized carbons (Fsp3) is 0.0769. The minimum Gasteiger partial charge on any atom is -0.445 e. The molecule has 2 aromatic carbocycles. The van der Waals surface area contributed by atoms with Crippen LogP contribution in [0.25, 0.3) is 0 Å². The summed E-state index contributed by atoms with van der Waals surface area (Å²) < 4.78 is 18.7. The highest BCUT2D eigenvalue weighted by Crippen LogP contribution is 2.25. The van der Waals surface area contributed by atoms with E-state index in [9.17, 15) is 4.39 Å². The van der Waals surface area contributed by atoms with Gasteiger partial charge >= 0.3 is 0 Å². The molecular weight excluding hydrogens is 219 g/mol. The molecule has 2 aromatic rings. The van der Waals surface area contributed by atoms with Gasteiger partial charge in [-0.25, -0.2) is 4.39 Å². The first-order valence-corrected chi connectivity index (χ1v) is 5.03. The number of halogens is 1. The van der Waals surface area contributed by atoms with Crippen molar-refractivity contribution in [3.8, 4) is 11.5 Å². The molecule has 0 saturated carbocycles. The first-order chi connectivity index (χ1) is 8.20. The van der Waals surface area contributed by atoms with Crippen LogP contribution in [0.3, 0.4) is 0 Å². The smallest absolute Gasteiger partial charge is 0.213 e. The molecule has 0 unspecified atom stereocenters. The molecule has 86 valence electrons. The van der Waals surface area contributed by atoms with Gasteiger partial charge in [0.25, 0.3) is 0 Å². The molecule has 0 bridgehead atoms. The summed E-state index contributed by atoms with van der Waals surface area (Å²) in [4.78, 5) is 0.